The van der Waals surface area contributed by atoms with Crippen molar-refractivity contribution in [1.82, 2.24) is 14.8 Å². The number of nitrogens with zero attached hydrogens (tertiary/aromatic N) is 3. The second kappa shape index (κ2) is 7.55. The van der Waals surface area contributed by atoms with E-state index in [1.165, 1.54) is 6.33 Å². The summed E-state index contributed by atoms with van der Waals surface area (Å²) in [6.45, 7) is 0. The molecule has 0 amide bonds. The van der Waals surface area contributed by atoms with Gasteiger partial charge in [-0.1, -0.05) is 28.1 Å². The number of fused-ring (bicyclic) bond motifs is 1. The number of hydrogen-bond donors (Lipinski definition) is 1. The molecule has 28 heavy (non-hydrogen) atoms. The van der Waals surface area contributed by atoms with Crippen LogP contribution in [0.2, 0.25) is 0 Å². The van der Waals surface area contributed by atoms with E-state index in [1.807, 2.05) is 41.1 Å². The fourth-order valence-electron chi connectivity index (χ4n) is 3.31. The number of methoxy groups -OCH3 is 3. The van der Waals surface area contributed by atoms with Crippen LogP contribution >= 0.6 is 15.9 Å². The molecule has 0 saturated carbocycles. The van der Waals surface area contributed by atoms with Crippen LogP contribution in [0.25, 0.3) is 5.70 Å². The molecule has 1 N–H and O–H groups in total. The van der Waals surface area contributed by atoms with Gasteiger partial charge in [0.2, 0.25) is 11.7 Å². The first kappa shape index (κ1) is 18.4. The Labute approximate surface area is 171 Å². The maximum atomic E-state index is 5.69. The zero-order chi connectivity index (χ0) is 19.7. The molecular weight excluding hydrogens is 424 g/mol. The lowest BCUT2D eigenvalue weighted by Crippen LogP contribution is -2.21. The average Bonchev–Trinajstić information content (AvgIpc) is 3.21. The fourth-order valence-corrected chi connectivity index (χ4v) is 3.57. The highest BCUT2D eigenvalue weighted by Gasteiger charge is 2.28. The normalized spacial score (nSPS) is 15.3. The van der Waals surface area contributed by atoms with Gasteiger partial charge in [0.25, 0.3) is 0 Å². The monoisotopic (exact) mass is 442 g/mol. The third-order valence-electron chi connectivity index (χ3n) is 4.62. The Morgan fingerprint density at radius 2 is 1.71 bits per heavy atom. The number of nitrogens with one attached hydrogen (secondary N) is 1. The Hall–Kier alpha value is -3.00. The largest absolute Gasteiger partial charge is 0.493 e. The molecule has 0 aliphatic carbocycles. The first-order valence-corrected chi connectivity index (χ1v) is 9.38. The molecular formula is C20H19BrN4O3. The van der Waals surface area contributed by atoms with Crippen LogP contribution in [-0.2, 0) is 0 Å². The predicted octanol–water partition coefficient (Wildman–Crippen LogP) is 4.12. The van der Waals surface area contributed by atoms with Gasteiger partial charge in [-0.05, 0) is 35.9 Å². The summed E-state index contributed by atoms with van der Waals surface area (Å²) in [5.74, 6) is 2.40. The summed E-state index contributed by atoms with van der Waals surface area (Å²) < 4.78 is 19.5. The van der Waals surface area contributed by atoms with Gasteiger partial charge in [0.15, 0.2) is 11.5 Å². The minimum atomic E-state index is -0.229. The van der Waals surface area contributed by atoms with Gasteiger partial charge in [0.1, 0.15) is 12.4 Å². The van der Waals surface area contributed by atoms with Crippen LogP contribution in [0.5, 0.6) is 17.2 Å². The molecule has 1 atom stereocenters. The Morgan fingerprint density at radius 3 is 2.39 bits per heavy atom. The molecule has 0 saturated heterocycles. The van der Waals surface area contributed by atoms with Crippen molar-refractivity contribution in [2.45, 2.75) is 6.04 Å². The molecule has 8 heteroatoms. The molecule has 0 fully saturated rings. The smallest absolute Gasteiger partial charge is 0.226 e. The number of benzene rings is 2. The SMILES string of the molecule is COc1ccc([C@H]2C=C(c3ccc(Br)cc3)Nc3ncnn32)c(OC)c1OC. The van der Waals surface area contributed by atoms with Gasteiger partial charge in [-0.2, -0.15) is 10.1 Å². The number of hydrogen-bond acceptors (Lipinski definition) is 6. The fraction of sp³-hybridized carbons (Fsp3) is 0.200. The van der Waals surface area contributed by atoms with Crippen LogP contribution in [-0.4, -0.2) is 36.1 Å². The highest BCUT2D eigenvalue weighted by atomic mass is 79.9. The van der Waals surface area contributed by atoms with Crippen molar-refractivity contribution >= 4 is 27.6 Å². The summed E-state index contributed by atoms with van der Waals surface area (Å²) >= 11 is 3.48. The number of ether oxygens (including phenoxy) is 3. The molecule has 1 aromatic heterocycles. The molecule has 144 valence electrons. The van der Waals surface area contributed by atoms with Gasteiger partial charge < -0.3 is 19.5 Å². The first-order chi connectivity index (χ1) is 13.7. The molecule has 0 spiro atoms. The minimum Gasteiger partial charge on any atom is -0.493 e. The standard InChI is InChI=1S/C20H19BrN4O3/c1-26-17-9-8-14(18(27-2)19(17)28-3)16-10-15(12-4-6-13(21)7-5-12)24-20-22-11-23-25(16)20/h4-11,16H,1-3H3,(H,22,23,24)/t16-/m1/s1. The molecule has 2 aromatic carbocycles. The third kappa shape index (κ3) is 3.09. The molecule has 7 nitrogen and oxygen atoms in total. The van der Waals surface area contributed by atoms with Crippen molar-refractivity contribution in [1.29, 1.82) is 0 Å². The van der Waals surface area contributed by atoms with E-state index in [0.29, 0.717) is 23.2 Å². The summed E-state index contributed by atoms with van der Waals surface area (Å²) in [5.41, 5.74) is 2.87. The number of allylic oxidation sites excluding steroid dienone is 1. The first-order valence-electron chi connectivity index (χ1n) is 8.59. The number of aromatic nitrogens is 3. The lowest BCUT2D eigenvalue weighted by Gasteiger charge is -2.26. The van der Waals surface area contributed by atoms with Crippen molar-refractivity contribution in [3.63, 3.8) is 0 Å². The minimum absolute atomic E-state index is 0.229. The van der Waals surface area contributed by atoms with E-state index >= 15 is 0 Å². The Morgan fingerprint density at radius 1 is 0.964 bits per heavy atom. The van der Waals surface area contributed by atoms with E-state index < -0.39 is 0 Å². The van der Waals surface area contributed by atoms with Gasteiger partial charge in [-0.25, -0.2) is 4.68 Å². The Kier molecular flexibility index (Phi) is 4.95. The lowest BCUT2D eigenvalue weighted by molar-refractivity contribution is 0.320. The second-order valence-corrected chi connectivity index (χ2v) is 7.02. The maximum Gasteiger partial charge on any atom is 0.226 e. The Bertz CT molecular complexity index is 1030. The Balaban J connectivity index is 1.87. The lowest BCUT2D eigenvalue weighted by atomic mass is 10.00. The summed E-state index contributed by atoms with van der Waals surface area (Å²) in [6, 6.07) is 11.7. The molecule has 1 aliphatic rings. The summed E-state index contributed by atoms with van der Waals surface area (Å²) in [6.07, 6.45) is 3.62. The summed E-state index contributed by atoms with van der Waals surface area (Å²) in [5, 5.41) is 7.73. The molecule has 2 heterocycles. The maximum absolute atomic E-state index is 5.69. The van der Waals surface area contributed by atoms with E-state index in [0.717, 1.165) is 21.3 Å². The van der Waals surface area contributed by atoms with Crippen molar-refractivity contribution < 1.29 is 14.2 Å². The average molecular weight is 443 g/mol. The van der Waals surface area contributed by atoms with Crippen LogP contribution in [0, 0.1) is 0 Å². The van der Waals surface area contributed by atoms with E-state index in [9.17, 15) is 0 Å². The molecule has 0 bridgehead atoms. The van der Waals surface area contributed by atoms with Crippen LogP contribution < -0.4 is 19.5 Å². The van der Waals surface area contributed by atoms with Crippen LogP contribution in [0.3, 0.4) is 0 Å². The van der Waals surface area contributed by atoms with Crippen LogP contribution in [0.15, 0.2) is 53.3 Å². The van der Waals surface area contributed by atoms with Gasteiger partial charge in [-0.15, -0.1) is 0 Å². The summed E-state index contributed by atoms with van der Waals surface area (Å²) in [7, 11) is 4.81. The molecule has 0 radical (unpaired) electrons. The van der Waals surface area contributed by atoms with Gasteiger partial charge in [-0.3, -0.25) is 0 Å². The zero-order valence-corrected chi connectivity index (χ0v) is 17.2. The second-order valence-electron chi connectivity index (χ2n) is 6.11. The molecule has 3 aromatic rings. The van der Waals surface area contributed by atoms with E-state index in [1.54, 1.807) is 21.3 Å². The van der Waals surface area contributed by atoms with Gasteiger partial charge >= 0.3 is 0 Å². The predicted molar refractivity (Wildman–Crippen MR) is 110 cm³/mol. The zero-order valence-electron chi connectivity index (χ0n) is 15.6. The van der Waals surface area contributed by atoms with E-state index in [4.69, 9.17) is 14.2 Å². The van der Waals surface area contributed by atoms with Crippen LogP contribution in [0.4, 0.5) is 5.95 Å². The third-order valence-corrected chi connectivity index (χ3v) is 5.14. The summed E-state index contributed by atoms with van der Waals surface area (Å²) in [4.78, 5) is 4.35. The number of halogens is 1. The van der Waals surface area contributed by atoms with Gasteiger partial charge in [0.05, 0.1) is 21.3 Å². The van der Waals surface area contributed by atoms with Gasteiger partial charge in [0, 0.05) is 15.7 Å². The van der Waals surface area contributed by atoms with Crippen molar-refractivity contribution in [3.05, 3.63) is 64.4 Å². The highest BCUT2D eigenvalue weighted by molar-refractivity contribution is 9.10. The van der Waals surface area contributed by atoms with Crippen LogP contribution in [0.1, 0.15) is 17.2 Å². The molecule has 1 aliphatic heterocycles. The number of rotatable bonds is 5. The highest BCUT2D eigenvalue weighted by Crippen LogP contribution is 2.45. The quantitative estimate of drug-likeness (QED) is 0.640. The van der Waals surface area contributed by atoms with E-state index in [2.05, 4.69) is 37.4 Å². The number of anilines is 1. The topological polar surface area (TPSA) is 70.4 Å². The molecule has 4 rings (SSSR count). The van der Waals surface area contributed by atoms with E-state index in [-0.39, 0.29) is 6.04 Å². The van der Waals surface area contributed by atoms with Crippen molar-refractivity contribution in [3.8, 4) is 17.2 Å². The van der Waals surface area contributed by atoms with Crippen molar-refractivity contribution in [2.24, 2.45) is 0 Å². The van der Waals surface area contributed by atoms with Crippen molar-refractivity contribution in [2.75, 3.05) is 26.6 Å². The molecule has 0 unspecified atom stereocenters.